The number of hydrogen-bond donors (Lipinski definition) is 0. The van der Waals surface area contributed by atoms with Crippen molar-refractivity contribution in [2.45, 2.75) is 46.5 Å². The fourth-order valence-corrected chi connectivity index (χ4v) is 1.41. The van der Waals surface area contributed by atoms with Gasteiger partial charge in [-0.2, -0.15) is 0 Å². The minimum absolute atomic E-state index is 0.731. The molecule has 1 atom stereocenters. The first-order valence-electron chi connectivity index (χ1n) is 5.03. The van der Waals surface area contributed by atoms with E-state index >= 15 is 0 Å². The van der Waals surface area contributed by atoms with Crippen molar-refractivity contribution in [3.8, 4) is 0 Å². The van der Waals surface area contributed by atoms with E-state index in [4.69, 9.17) is 0 Å². The first-order valence-corrected chi connectivity index (χ1v) is 5.03. The van der Waals surface area contributed by atoms with Crippen LogP contribution in [0, 0.1) is 5.92 Å². The molecule has 0 saturated carbocycles. The minimum atomic E-state index is 0.731. The lowest BCUT2D eigenvalue weighted by atomic mass is 9.93. The molecule has 0 saturated heterocycles. The van der Waals surface area contributed by atoms with Crippen LogP contribution in [0.3, 0.4) is 0 Å². The number of unbranched alkanes of at least 4 members (excludes halogenated alkanes) is 1. The molecular formula is C12H22. The molecule has 70 valence electrons. The molecule has 0 aromatic heterocycles. The van der Waals surface area contributed by atoms with Gasteiger partial charge in [0.1, 0.15) is 0 Å². The van der Waals surface area contributed by atoms with Gasteiger partial charge in [-0.25, -0.2) is 0 Å². The molecule has 0 amide bonds. The molecule has 0 fully saturated rings. The van der Waals surface area contributed by atoms with Crippen molar-refractivity contribution in [1.29, 1.82) is 0 Å². The lowest BCUT2D eigenvalue weighted by molar-refractivity contribution is 0.597. The van der Waals surface area contributed by atoms with Gasteiger partial charge < -0.3 is 0 Å². The molecule has 0 heteroatoms. The maximum Gasteiger partial charge on any atom is -0.0174 e. The Labute approximate surface area is 77.4 Å². The van der Waals surface area contributed by atoms with Gasteiger partial charge in [0.2, 0.25) is 0 Å². The molecule has 0 aromatic rings. The van der Waals surface area contributed by atoms with Gasteiger partial charge in [-0.1, -0.05) is 38.0 Å². The normalized spacial score (nSPS) is 14.4. The largest absolute Gasteiger partial charge is 0.103 e. The summed E-state index contributed by atoms with van der Waals surface area (Å²) in [5.41, 5.74) is 1.54. The van der Waals surface area contributed by atoms with E-state index in [1.165, 1.54) is 19.3 Å². The zero-order valence-corrected chi connectivity index (χ0v) is 8.77. The topological polar surface area (TPSA) is 0 Å². The Hall–Kier alpha value is -0.520. The van der Waals surface area contributed by atoms with Crippen molar-refractivity contribution in [3.63, 3.8) is 0 Å². The zero-order valence-electron chi connectivity index (χ0n) is 8.77. The van der Waals surface area contributed by atoms with Crippen LogP contribution in [0.25, 0.3) is 0 Å². The third-order valence-electron chi connectivity index (χ3n) is 2.34. The van der Waals surface area contributed by atoms with Gasteiger partial charge >= 0.3 is 0 Å². The second-order valence-corrected chi connectivity index (χ2v) is 3.37. The van der Waals surface area contributed by atoms with E-state index in [9.17, 15) is 0 Å². The molecule has 0 aromatic carbocycles. The monoisotopic (exact) mass is 166 g/mol. The molecule has 0 aliphatic heterocycles. The minimum Gasteiger partial charge on any atom is -0.103 e. The molecule has 0 rings (SSSR count). The lowest BCUT2D eigenvalue weighted by Gasteiger charge is -2.13. The second kappa shape index (κ2) is 7.15. The van der Waals surface area contributed by atoms with Crippen LogP contribution in [0.5, 0.6) is 0 Å². The third kappa shape index (κ3) is 4.38. The maximum absolute atomic E-state index is 3.78. The van der Waals surface area contributed by atoms with Crippen LogP contribution in [-0.4, -0.2) is 0 Å². The summed E-state index contributed by atoms with van der Waals surface area (Å²) in [7, 11) is 0. The Morgan fingerprint density at radius 1 is 1.42 bits per heavy atom. The molecule has 0 radical (unpaired) electrons. The van der Waals surface area contributed by atoms with Crippen LogP contribution in [0.4, 0.5) is 0 Å². The van der Waals surface area contributed by atoms with Crippen LogP contribution in [-0.2, 0) is 0 Å². The number of rotatable bonds is 6. The summed E-state index contributed by atoms with van der Waals surface area (Å²) < 4.78 is 0. The predicted molar refractivity (Wildman–Crippen MR) is 57.3 cm³/mol. The molecule has 0 aliphatic rings. The molecule has 0 N–H and O–H groups in total. The van der Waals surface area contributed by atoms with Gasteiger partial charge in [0.15, 0.2) is 0 Å². The summed E-state index contributed by atoms with van der Waals surface area (Å²) in [5.74, 6) is 0.731. The summed E-state index contributed by atoms with van der Waals surface area (Å²) in [5, 5.41) is 0. The molecule has 0 spiro atoms. The van der Waals surface area contributed by atoms with Gasteiger partial charge in [-0.3, -0.25) is 0 Å². The SMILES string of the molecule is C=CCC(CC)/C(C)=C\CCC. The van der Waals surface area contributed by atoms with Gasteiger partial charge in [-0.05, 0) is 32.1 Å². The van der Waals surface area contributed by atoms with Crippen LogP contribution in [0.15, 0.2) is 24.3 Å². The second-order valence-electron chi connectivity index (χ2n) is 3.37. The molecule has 0 bridgehead atoms. The van der Waals surface area contributed by atoms with Crippen molar-refractivity contribution < 1.29 is 0 Å². The third-order valence-corrected chi connectivity index (χ3v) is 2.34. The van der Waals surface area contributed by atoms with Crippen LogP contribution < -0.4 is 0 Å². The maximum atomic E-state index is 3.78. The average Bonchev–Trinajstić information content (AvgIpc) is 2.10. The Balaban J connectivity index is 3.99. The van der Waals surface area contributed by atoms with E-state index in [0.29, 0.717) is 0 Å². The Morgan fingerprint density at radius 2 is 2.08 bits per heavy atom. The number of allylic oxidation sites excluding steroid dienone is 3. The van der Waals surface area contributed by atoms with E-state index in [0.717, 1.165) is 12.3 Å². The van der Waals surface area contributed by atoms with Gasteiger partial charge in [0.05, 0.1) is 0 Å². The van der Waals surface area contributed by atoms with Gasteiger partial charge in [0.25, 0.3) is 0 Å². The Kier molecular flexibility index (Phi) is 6.84. The summed E-state index contributed by atoms with van der Waals surface area (Å²) in [6.45, 7) is 10.5. The van der Waals surface area contributed by atoms with Crippen LogP contribution in [0.2, 0.25) is 0 Å². The van der Waals surface area contributed by atoms with Crippen molar-refractivity contribution in [2.75, 3.05) is 0 Å². The van der Waals surface area contributed by atoms with Gasteiger partial charge in [-0.15, -0.1) is 6.58 Å². The first-order chi connectivity index (χ1) is 5.76. The Bertz CT molecular complexity index is 142. The fourth-order valence-electron chi connectivity index (χ4n) is 1.41. The van der Waals surface area contributed by atoms with Crippen LogP contribution >= 0.6 is 0 Å². The summed E-state index contributed by atoms with van der Waals surface area (Å²) in [6, 6.07) is 0. The first kappa shape index (κ1) is 11.5. The summed E-state index contributed by atoms with van der Waals surface area (Å²) >= 11 is 0. The lowest BCUT2D eigenvalue weighted by Crippen LogP contribution is -1.98. The molecular weight excluding hydrogens is 144 g/mol. The predicted octanol–water partition coefficient (Wildman–Crippen LogP) is 4.34. The van der Waals surface area contributed by atoms with Gasteiger partial charge in [0, 0.05) is 0 Å². The van der Waals surface area contributed by atoms with E-state index in [2.05, 4.69) is 33.4 Å². The highest BCUT2D eigenvalue weighted by Gasteiger charge is 2.04. The highest BCUT2D eigenvalue weighted by molar-refractivity contribution is 5.04. The highest BCUT2D eigenvalue weighted by atomic mass is 14.1. The summed E-state index contributed by atoms with van der Waals surface area (Å²) in [4.78, 5) is 0. The van der Waals surface area contributed by atoms with E-state index in [1.807, 2.05) is 6.08 Å². The van der Waals surface area contributed by atoms with E-state index in [1.54, 1.807) is 5.57 Å². The highest BCUT2D eigenvalue weighted by Crippen LogP contribution is 2.19. The fraction of sp³-hybridized carbons (Fsp3) is 0.667. The molecule has 12 heavy (non-hydrogen) atoms. The average molecular weight is 166 g/mol. The molecule has 1 unspecified atom stereocenters. The van der Waals surface area contributed by atoms with Crippen molar-refractivity contribution >= 4 is 0 Å². The van der Waals surface area contributed by atoms with E-state index in [-0.39, 0.29) is 0 Å². The smallest absolute Gasteiger partial charge is 0.0174 e. The standard InChI is InChI=1S/C12H22/c1-5-8-10-11(4)12(7-3)9-6-2/h6,10,12H,2,5,7-9H2,1,3-4H3/b11-10-. The summed E-state index contributed by atoms with van der Waals surface area (Å²) in [6.07, 6.45) is 9.23. The van der Waals surface area contributed by atoms with E-state index < -0.39 is 0 Å². The molecule has 0 aliphatic carbocycles. The quantitative estimate of drug-likeness (QED) is 0.515. The van der Waals surface area contributed by atoms with Crippen molar-refractivity contribution in [2.24, 2.45) is 5.92 Å². The number of hydrogen-bond acceptors (Lipinski definition) is 0. The molecule has 0 nitrogen and oxygen atoms in total. The van der Waals surface area contributed by atoms with Crippen LogP contribution in [0.1, 0.15) is 46.5 Å². The zero-order chi connectivity index (χ0) is 9.40. The van der Waals surface area contributed by atoms with Crippen molar-refractivity contribution in [3.05, 3.63) is 24.3 Å². The molecule has 0 heterocycles. The Morgan fingerprint density at radius 3 is 2.50 bits per heavy atom. The van der Waals surface area contributed by atoms with Crippen molar-refractivity contribution in [1.82, 2.24) is 0 Å².